The second kappa shape index (κ2) is 13.9. The van der Waals surface area contributed by atoms with Gasteiger partial charge < -0.3 is 10.2 Å². The van der Waals surface area contributed by atoms with Crippen LogP contribution in [0.4, 0.5) is 5.69 Å². The van der Waals surface area contributed by atoms with Crippen LogP contribution in [-0.2, 0) is 26.2 Å². The molecular formula is C31H38BrN3O4S. The van der Waals surface area contributed by atoms with Crippen LogP contribution in [-0.4, -0.2) is 43.8 Å². The van der Waals surface area contributed by atoms with Crippen molar-refractivity contribution in [2.75, 3.05) is 10.8 Å². The Bertz CT molecular complexity index is 1410. The number of hydrogen-bond donors (Lipinski definition) is 1. The van der Waals surface area contributed by atoms with Crippen molar-refractivity contribution >= 4 is 43.5 Å². The average molecular weight is 629 g/mol. The van der Waals surface area contributed by atoms with Gasteiger partial charge in [0.25, 0.3) is 10.0 Å². The van der Waals surface area contributed by atoms with Gasteiger partial charge in [-0.1, -0.05) is 71.7 Å². The second-order valence-corrected chi connectivity index (χ2v) is 12.8. The number of aryl methyl sites for hydroxylation is 2. The number of halogens is 1. The molecule has 0 saturated carbocycles. The van der Waals surface area contributed by atoms with Gasteiger partial charge in [0, 0.05) is 17.1 Å². The Labute approximate surface area is 246 Å². The topological polar surface area (TPSA) is 86.8 Å². The molecule has 0 fully saturated rings. The minimum Gasteiger partial charge on any atom is -0.352 e. The molecule has 7 nitrogen and oxygen atoms in total. The third-order valence-corrected chi connectivity index (χ3v) is 9.31. The van der Waals surface area contributed by atoms with Gasteiger partial charge in [-0.25, -0.2) is 8.42 Å². The molecule has 2 amide bonds. The van der Waals surface area contributed by atoms with Crippen LogP contribution in [0.25, 0.3) is 0 Å². The summed E-state index contributed by atoms with van der Waals surface area (Å²) in [5.41, 5.74) is 3.15. The normalized spacial score (nSPS) is 12.8. The molecule has 214 valence electrons. The summed E-state index contributed by atoms with van der Waals surface area (Å²) in [5, 5.41) is 3.00. The monoisotopic (exact) mass is 627 g/mol. The van der Waals surface area contributed by atoms with Gasteiger partial charge in [0.1, 0.15) is 12.6 Å². The first kappa shape index (κ1) is 31.4. The van der Waals surface area contributed by atoms with E-state index in [-0.39, 0.29) is 23.4 Å². The third kappa shape index (κ3) is 7.73. The molecule has 3 rings (SSSR count). The second-order valence-electron chi connectivity index (χ2n) is 9.99. The maximum absolute atomic E-state index is 14.1. The average Bonchev–Trinajstić information content (AvgIpc) is 2.93. The van der Waals surface area contributed by atoms with Crippen molar-refractivity contribution in [1.82, 2.24) is 10.2 Å². The molecule has 0 radical (unpaired) electrons. The largest absolute Gasteiger partial charge is 0.352 e. The van der Waals surface area contributed by atoms with Gasteiger partial charge >= 0.3 is 0 Å². The van der Waals surface area contributed by atoms with E-state index in [1.54, 1.807) is 48.5 Å². The number of carbonyl (C=O) groups excluding carboxylic acids is 2. The Morgan fingerprint density at radius 3 is 2.10 bits per heavy atom. The molecule has 40 heavy (non-hydrogen) atoms. The number of rotatable bonds is 12. The van der Waals surface area contributed by atoms with Gasteiger partial charge in [0.2, 0.25) is 11.8 Å². The number of nitrogens with zero attached hydrogens (tertiary/aromatic N) is 2. The maximum Gasteiger partial charge on any atom is 0.264 e. The van der Waals surface area contributed by atoms with Crippen molar-refractivity contribution in [2.24, 2.45) is 0 Å². The molecule has 0 heterocycles. The van der Waals surface area contributed by atoms with Crippen molar-refractivity contribution in [1.29, 1.82) is 0 Å². The highest BCUT2D eigenvalue weighted by atomic mass is 79.9. The number of anilines is 1. The summed E-state index contributed by atoms with van der Waals surface area (Å²) in [6.45, 7) is 9.30. The summed E-state index contributed by atoms with van der Waals surface area (Å²) in [4.78, 5) is 29.1. The highest BCUT2D eigenvalue weighted by molar-refractivity contribution is 9.10. The fourth-order valence-electron chi connectivity index (χ4n) is 4.31. The van der Waals surface area contributed by atoms with E-state index in [9.17, 15) is 18.0 Å². The van der Waals surface area contributed by atoms with Crippen LogP contribution in [0.5, 0.6) is 0 Å². The Balaban J connectivity index is 2.06. The van der Waals surface area contributed by atoms with Crippen LogP contribution in [0.3, 0.4) is 0 Å². The molecule has 0 spiro atoms. The Morgan fingerprint density at radius 2 is 1.52 bits per heavy atom. The molecule has 3 aromatic carbocycles. The predicted octanol–water partition coefficient (Wildman–Crippen LogP) is 5.98. The van der Waals surface area contributed by atoms with Crippen LogP contribution in [0.2, 0.25) is 0 Å². The molecule has 0 aliphatic rings. The van der Waals surface area contributed by atoms with Gasteiger partial charge in [0.15, 0.2) is 0 Å². The van der Waals surface area contributed by atoms with Crippen molar-refractivity contribution in [3.63, 3.8) is 0 Å². The molecule has 1 N–H and O–H groups in total. The Morgan fingerprint density at radius 1 is 0.900 bits per heavy atom. The predicted molar refractivity (Wildman–Crippen MR) is 164 cm³/mol. The van der Waals surface area contributed by atoms with Gasteiger partial charge in [0.05, 0.1) is 10.6 Å². The molecule has 9 heteroatoms. The van der Waals surface area contributed by atoms with Crippen LogP contribution in [0.1, 0.15) is 50.3 Å². The minimum absolute atomic E-state index is 0.0573. The molecule has 0 aliphatic heterocycles. The summed E-state index contributed by atoms with van der Waals surface area (Å²) in [6, 6.07) is 20.2. The van der Waals surface area contributed by atoms with Crippen molar-refractivity contribution in [3.05, 3.63) is 94.0 Å². The van der Waals surface area contributed by atoms with Gasteiger partial charge in [-0.3, -0.25) is 13.9 Å². The molecule has 0 aromatic heterocycles. The highest BCUT2D eigenvalue weighted by Gasteiger charge is 2.34. The van der Waals surface area contributed by atoms with E-state index in [0.717, 1.165) is 31.9 Å². The summed E-state index contributed by atoms with van der Waals surface area (Å²) < 4.78 is 29.7. The lowest BCUT2D eigenvalue weighted by Gasteiger charge is -2.34. The lowest BCUT2D eigenvalue weighted by atomic mass is 10.1. The number of nitrogens with one attached hydrogen (secondary N) is 1. The van der Waals surface area contributed by atoms with Crippen LogP contribution >= 0.6 is 15.9 Å². The molecule has 0 bridgehead atoms. The lowest BCUT2D eigenvalue weighted by molar-refractivity contribution is -0.140. The first-order valence-electron chi connectivity index (χ1n) is 13.5. The van der Waals surface area contributed by atoms with Crippen molar-refractivity contribution in [2.45, 2.75) is 71.0 Å². The molecule has 0 saturated heterocycles. The highest BCUT2D eigenvalue weighted by Crippen LogP contribution is 2.27. The van der Waals surface area contributed by atoms with E-state index >= 15 is 0 Å². The molecule has 0 unspecified atom stereocenters. The maximum atomic E-state index is 14.1. The van der Waals surface area contributed by atoms with Gasteiger partial charge in [-0.05, 0) is 81.1 Å². The van der Waals surface area contributed by atoms with E-state index in [2.05, 4.69) is 21.2 Å². The Hall–Kier alpha value is -3.17. The number of sulfonamides is 1. The smallest absolute Gasteiger partial charge is 0.264 e. The third-order valence-electron chi connectivity index (χ3n) is 6.99. The first-order chi connectivity index (χ1) is 19.0. The van der Waals surface area contributed by atoms with Crippen molar-refractivity contribution < 1.29 is 18.0 Å². The van der Waals surface area contributed by atoms with E-state index in [4.69, 9.17) is 0 Å². The zero-order chi connectivity index (χ0) is 29.4. The van der Waals surface area contributed by atoms with Gasteiger partial charge in [-0.2, -0.15) is 0 Å². The Kier molecular flexibility index (Phi) is 10.9. The van der Waals surface area contributed by atoms with E-state index in [1.165, 1.54) is 4.90 Å². The zero-order valence-electron chi connectivity index (χ0n) is 23.7. The quantitative estimate of drug-likeness (QED) is 0.267. The van der Waals surface area contributed by atoms with Crippen LogP contribution in [0, 0.1) is 13.8 Å². The van der Waals surface area contributed by atoms with E-state index < -0.39 is 28.5 Å². The lowest BCUT2D eigenvalue weighted by Crippen LogP contribution is -2.53. The summed E-state index contributed by atoms with van der Waals surface area (Å²) in [5.74, 6) is -0.719. The first-order valence-corrected chi connectivity index (χ1v) is 15.7. The number of hydrogen-bond acceptors (Lipinski definition) is 4. The molecular weight excluding hydrogens is 590 g/mol. The van der Waals surface area contributed by atoms with Gasteiger partial charge in [-0.15, -0.1) is 0 Å². The number of amides is 2. The zero-order valence-corrected chi connectivity index (χ0v) is 26.1. The summed E-state index contributed by atoms with van der Waals surface area (Å²) in [7, 11) is -4.10. The van der Waals surface area contributed by atoms with Crippen molar-refractivity contribution in [3.8, 4) is 0 Å². The SMILES string of the molecule is CC[C@H](C(=O)N[C@@H](C)CC)N(Cc1ccccc1C)C(=O)CN(c1ccc(Br)cc1)S(=O)(=O)c1ccc(C)cc1. The van der Waals surface area contributed by atoms with E-state index in [0.29, 0.717) is 12.1 Å². The number of benzene rings is 3. The molecule has 3 aromatic rings. The summed E-state index contributed by atoms with van der Waals surface area (Å²) >= 11 is 3.40. The molecule has 0 aliphatic carbocycles. The van der Waals surface area contributed by atoms with Crippen LogP contribution < -0.4 is 9.62 Å². The number of carbonyl (C=O) groups is 2. The standard InChI is InChI=1S/C31H38BrN3O4S/c1-6-24(5)33-31(37)29(7-2)34(20-25-11-9-8-10-23(25)4)30(36)21-35(27-16-14-26(32)15-17-27)40(38,39)28-18-12-22(3)13-19-28/h8-19,24,29H,6-7,20-21H2,1-5H3,(H,33,37)/t24-,29+/m0/s1. The van der Waals surface area contributed by atoms with Crippen LogP contribution in [0.15, 0.2) is 82.2 Å². The van der Waals surface area contributed by atoms with E-state index in [1.807, 2.05) is 58.9 Å². The summed E-state index contributed by atoms with van der Waals surface area (Å²) in [6.07, 6.45) is 1.13. The fourth-order valence-corrected chi connectivity index (χ4v) is 5.98. The molecule has 2 atom stereocenters. The fraction of sp³-hybridized carbons (Fsp3) is 0.355. The minimum atomic E-state index is -4.10.